The van der Waals surface area contributed by atoms with E-state index in [0.29, 0.717) is 0 Å². The second-order valence-electron chi connectivity index (χ2n) is 6.43. The Hall–Kier alpha value is -3.91. The summed E-state index contributed by atoms with van der Waals surface area (Å²) >= 11 is 0. The summed E-state index contributed by atoms with van der Waals surface area (Å²) in [5.74, 6) is -20.2. The van der Waals surface area contributed by atoms with Gasteiger partial charge in [-0.3, -0.25) is 19.3 Å². The van der Waals surface area contributed by atoms with Crippen LogP contribution in [0, 0.1) is 34.9 Å². The second-order valence-corrected chi connectivity index (χ2v) is 6.43. The third kappa shape index (κ3) is 4.12. The number of carbonyl (C=O) groups is 3. The van der Waals surface area contributed by atoms with Gasteiger partial charge in [0.15, 0.2) is 29.0 Å². The predicted octanol–water partition coefficient (Wildman–Crippen LogP) is 2.71. The van der Waals surface area contributed by atoms with Gasteiger partial charge in [-0.2, -0.15) is 8.78 Å². The molecule has 7 nitrogen and oxygen atoms in total. The number of hydrogen-bond acceptors (Lipinski definition) is 4. The lowest BCUT2D eigenvalue weighted by Crippen LogP contribution is -2.53. The van der Waals surface area contributed by atoms with Crippen LogP contribution < -0.4 is 15.0 Å². The van der Waals surface area contributed by atoms with Crippen LogP contribution in [0.2, 0.25) is 0 Å². The van der Waals surface area contributed by atoms with Gasteiger partial charge in [-0.05, 0) is 6.07 Å². The number of anilines is 1. The minimum absolute atomic E-state index is 0.0367. The van der Waals surface area contributed by atoms with Crippen LogP contribution in [0.5, 0.6) is 5.75 Å². The lowest BCUT2D eigenvalue weighted by atomic mass is 10.0. The average molecular weight is 484 g/mol. The van der Waals surface area contributed by atoms with E-state index in [4.69, 9.17) is 5.11 Å². The highest BCUT2D eigenvalue weighted by Gasteiger charge is 2.51. The first-order valence-corrected chi connectivity index (χ1v) is 8.48. The van der Waals surface area contributed by atoms with Crippen LogP contribution in [0.25, 0.3) is 11.1 Å². The summed E-state index contributed by atoms with van der Waals surface area (Å²) < 4.78 is 115. The zero-order chi connectivity index (χ0) is 24.8. The first-order valence-electron chi connectivity index (χ1n) is 8.48. The first kappa shape index (κ1) is 23.7. The molecule has 0 saturated carbocycles. The number of carboxylic acids is 1. The average Bonchev–Trinajstić information content (AvgIpc) is 2.73. The maximum absolute atomic E-state index is 14.5. The van der Waals surface area contributed by atoms with Crippen molar-refractivity contribution in [3.05, 3.63) is 47.0 Å². The fourth-order valence-corrected chi connectivity index (χ4v) is 2.85. The van der Waals surface area contributed by atoms with Crippen molar-refractivity contribution in [2.75, 3.05) is 18.0 Å². The molecule has 0 unspecified atom stereocenters. The highest BCUT2D eigenvalue weighted by Crippen LogP contribution is 2.44. The summed E-state index contributed by atoms with van der Waals surface area (Å²) in [6.45, 7) is -2.26. The van der Waals surface area contributed by atoms with E-state index in [1.165, 1.54) is 0 Å². The molecule has 2 aromatic carbocycles. The molecular formula is C18H8F8N2O5. The van der Waals surface area contributed by atoms with Crippen molar-refractivity contribution in [1.82, 2.24) is 5.32 Å². The number of carboxylic acid groups (broad SMARTS) is 1. The molecule has 176 valence electrons. The summed E-state index contributed by atoms with van der Waals surface area (Å²) in [4.78, 5) is 34.4. The Balaban J connectivity index is 2.18. The topological polar surface area (TPSA) is 95.9 Å². The van der Waals surface area contributed by atoms with Crippen LogP contribution in [-0.2, 0) is 14.4 Å². The van der Waals surface area contributed by atoms with E-state index < -0.39 is 94.4 Å². The maximum Gasteiger partial charge on any atom is 0.482 e. The fourth-order valence-electron chi connectivity index (χ4n) is 2.85. The number of nitrogens with one attached hydrogen (secondary N) is 1. The Kier molecular flexibility index (Phi) is 5.91. The van der Waals surface area contributed by atoms with Gasteiger partial charge < -0.3 is 15.2 Å². The molecule has 1 heterocycles. The normalized spacial score (nSPS) is 14.5. The van der Waals surface area contributed by atoms with Crippen LogP contribution in [-0.4, -0.2) is 42.1 Å². The molecule has 0 radical (unpaired) electrons. The molecule has 3 rings (SSSR count). The van der Waals surface area contributed by atoms with Crippen LogP contribution in [0.3, 0.4) is 0 Å². The van der Waals surface area contributed by atoms with Crippen molar-refractivity contribution in [1.29, 1.82) is 0 Å². The largest absolute Gasteiger partial charge is 0.482 e. The van der Waals surface area contributed by atoms with Gasteiger partial charge in [0.05, 0.1) is 11.3 Å². The molecule has 15 heteroatoms. The smallest absolute Gasteiger partial charge is 0.480 e. The van der Waals surface area contributed by atoms with Gasteiger partial charge >= 0.3 is 18.0 Å². The highest BCUT2D eigenvalue weighted by molar-refractivity contribution is 6.05. The SMILES string of the molecule is O=C(O)CNC(=O)CN1C(=O)C(F)(F)Oc2cc(F)c(-c3c(F)c(F)c(F)c(F)c3F)cc21. The van der Waals surface area contributed by atoms with Crippen molar-refractivity contribution in [2.24, 2.45) is 0 Å². The number of nitrogens with zero attached hydrogens (tertiary/aromatic N) is 1. The quantitative estimate of drug-likeness (QED) is 0.387. The molecule has 0 atom stereocenters. The number of aliphatic carboxylic acids is 1. The molecule has 0 aliphatic carbocycles. The van der Waals surface area contributed by atoms with Crippen molar-refractivity contribution in [2.45, 2.75) is 6.11 Å². The number of benzene rings is 2. The van der Waals surface area contributed by atoms with E-state index in [1.54, 1.807) is 5.32 Å². The van der Waals surface area contributed by atoms with Crippen molar-refractivity contribution < 1.29 is 59.4 Å². The minimum atomic E-state index is -4.64. The van der Waals surface area contributed by atoms with Crippen LogP contribution in [0.1, 0.15) is 0 Å². The summed E-state index contributed by atoms with van der Waals surface area (Å²) in [5, 5.41) is 10.3. The number of hydrogen-bond donors (Lipinski definition) is 2. The van der Waals surface area contributed by atoms with E-state index in [9.17, 15) is 49.5 Å². The first-order chi connectivity index (χ1) is 15.3. The van der Waals surface area contributed by atoms with Gasteiger partial charge in [-0.1, -0.05) is 0 Å². The van der Waals surface area contributed by atoms with Crippen molar-refractivity contribution in [3.63, 3.8) is 0 Å². The number of amides is 2. The Morgan fingerprint density at radius 2 is 1.52 bits per heavy atom. The van der Waals surface area contributed by atoms with Gasteiger partial charge in [0.1, 0.15) is 18.9 Å². The number of rotatable bonds is 5. The molecule has 2 amide bonds. The zero-order valence-electron chi connectivity index (χ0n) is 15.6. The molecule has 0 bridgehead atoms. The molecule has 33 heavy (non-hydrogen) atoms. The lowest BCUT2D eigenvalue weighted by molar-refractivity contribution is -0.192. The molecule has 2 N–H and O–H groups in total. The van der Waals surface area contributed by atoms with E-state index in [1.807, 2.05) is 0 Å². The van der Waals surface area contributed by atoms with Crippen LogP contribution in [0.4, 0.5) is 40.8 Å². The molecule has 2 aromatic rings. The summed E-state index contributed by atoms with van der Waals surface area (Å²) in [7, 11) is 0. The molecular weight excluding hydrogens is 476 g/mol. The maximum atomic E-state index is 14.5. The van der Waals surface area contributed by atoms with Gasteiger partial charge in [0, 0.05) is 11.6 Å². The number of fused-ring (bicyclic) bond motifs is 1. The van der Waals surface area contributed by atoms with Gasteiger partial charge in [-0.25, -0.2) is 26.3 Å². The summed E-state index contributed by atoms with van der Waals surface area (Å²) in [6.07, 6.45) is -4.64. The van der Waals surface area contributed by atoms with Crippen molar-refractivity contribution >= 4 is 23.5 Å². The molecule has 1 aliphatic rings. The number of halogens is 8. The highest BCUT2D eigenvalue weighted by atomic mass is 19.3. The standard InChI is InChI=1S/C18H8F8N2O5/c19-6-2-8-7(1-5(6)11-12(20)14(22)16(24)15(23)13(11)21)28(17(32)18(25,26)33-8)4-9(29)27-3-10(30)31/h1-2H,3-4H2,(H,27,29)(H,30,31). The van der Waals surface area contributed by atoms with Crippen LogP contribution in [0.15, 0.2) is 12.1 Å². The number of alkyl halides is 2. The second kappa shape index (κ2) is 8.22. The Morgan fingerprint density at radius 3 is 2.06 bits per heavy atom. The number of carbonyl (C=O) groups excluding carboxylic acids is 2. The van der Waals surface area contributed by atoms with Crippen LogP contribution >= 0.6 is 0 Å². The summed E-state index contributed by atoms with van der Waals surface area (Å²) in [6, 6.07) is 0.353. The molecule has 0 spiro atoms. The Bertz CT molecular complexity index is 1170. The number of ether oxygens (including phenoxy) is 1. The van der Waals surface area contributed by atoms with Gasteiger partial charge in [0.25, 0.3) is 0 Å². The zero-order valence-corrected chi connectivity index (χ0v) is 15.6. The molecule has 0 aromatic heterocycles. The van der Waals surface area contributed by atoms with E-state index in [2.05, 4.69) is 4.74 Å². The third-order valence-corrected chi connectivity index (χ3v) is 4.29. The molecule has 1 aliphatic heterocycles. The van der Waals surface area contributed by atoms with E-state index in [0.717, 1.165) is 0 Å². The Labute approximate surface area is 177 Å². The van der Waals surface area contributed by atoms with Gasteiger partial charge in [0.2, 0.25) is 11.7 Å². The minimum Gasteiger partial charge on any atom is -0.480 e. The molecule has 0 fully saturated rings. The predicted molar refractivity (Wildman–Crippen MR) is 90.2 cm³/mol. The van der Waals surface area contributed by atoms with Gasteiger partial charge in [-0.15, -0.1) is 0 Å². The van der Waals surface area contributed by atoms with Crippen molar-refractivity contribution in [3.8, 4) is 16.9 Å². The fraction of sp³-hybridized carbons (Fsp3) is 0.167. The monoisotopic (exact) mass is 484 g/mol. The Morgan fingerprint density at radius 1 is 0.970 bits per heavy atom. The molecule has 0 saturated heterocycles. The van der Waals surface area contributed by atoms with E-state index >= 15 is 0 Å². The summed E-state index contributed by atoms with van der Waals surface area (Å²) in [5.41, 5.74) is -4.00. The third-order valence-electron chi connectivity index (χ3n) is 4.29. The van der Waals surface area contributed by atoms with E-state index in [-0.39, 0.29) is 17.0 Å². The lowest BCUT2D eigenvalue weighted by Gasteiger charge is -2.33.